The summed E-state index contributed by atoms with van der Waals surface area (Å²) in [6, 6.07) is 12.3. The smallest absolute Gasteiger partial charge is 0.276 e. The number of carbonyl (C=O) groups excluding carboxylic acids is 1. The number of benzene rings is 2. The number of non-ortho nitro benzene ring substituents is 1. The zero-order valence-electron chi connectivity index (χ0n) is 18.1. The summed E-state index contributed by atoms with van der Waals surface area (Å²) in [5.41, 5.74) is 0.254. The second kappa shape index (κ2) is 10.4. The molecule has 36 heavy (non-hydrogen) atoms. The number of amides is 1. The molecule has 0 bridgehead atoms. The molecule has 4 rings (SSSR count). The van der Waals surface area contributed by atoms with Gasteiger partial charge >= 0.3 is 0 Å². The van der Waals surface area contributed by atoms with Gasteiger partial charge in [-0.1, -0.05) is 11.6 Å². The fourth-order valence-electron chi connectivity index (χ4n) is 2.85. The Morgan fingerprint density at radius 2 is 1.83 bits per heavy atom. The third-order valence-corrected chi connectivity index (χ3v) is 6.21. The van der Waals surface area contributed by atoms with Gasteiger partial charge in [0.25, 0.3) is 21.6 Å². The molecule has 2 heterocycles. The number of nitrogens with one attached hydrogen (secondary N) is 2. The zero-order valence-corrected chi connectivity index (χ0v) is 19.7. The van der Waals surface area contributed by atoms with Crippen LogP contribution in [-0.4, -0.2) is 39.0 Å². The summed E-state index contributed by atoms with van der Waals surface area (Å²) in [6.07, 6.45) is 4.31. The number of nitrogens with zero attached hydrogens (tertiary/aromatic N) is 5. The maximum absolute atomic E-state index is 12.5. The molecule has 2 aromatic carbocycles. The first-order chi connectivity index (χ1) is 17.2. The molecule has 1 amide bonds. The first kappa shape index (κ1) is 24.6. The van der Waals surface area contributed by atoms with E-state index < -0.39 is 20.9 Å². The van der Waals surface area contributed by atoms with Crippen LogP contribution in [0, 0.1) is 10.1 Å². The SMILES string of the molecule is O=C(Nc1ccc(S(=O)(=O)Nc2ncccn2)cc1)c1ccn(COc2ccc([N+](=O)[O-])cc2Cl)n1. The largest absolute Gasteiger partial charge is 0.470 e. The Hall–Kier alpha value is -4.56. The fraction of sp³-hybridized carbons (Fsp3) is 0.0476. The van der Waals surface area contributed by atoms with Gasteiger partial charge < -0.3 is 10.1 Å². The minimum Gasteiger partial charge on any atom is -0.470 e. The van der Waals surface area contributed by atoms with Crippen LogP contribution in [0.1, 0.15) is 10.5 Å². The van der Waals surface area contributed by atoms with Gasteiger partial charge in [-0.05, 0) is 42.5 Å². The van der Waals surface area contributed by atoms with Crippen molar-refractivity contribution in [2.24, 2.45) is 0 Å². The van der Waals surface area contributed by atoms with Gasteiger partial charge in [0, 0.05) is 36.4 Å². The predicted octanol–water partition coefficient (Wildman–Crippen LogP) is 3.32. The Balaban J connectivity index is 1.35. The normalized spacial score (nSPS) is 11.0. The number of carbonyl (C=O) groups is 1. The van der Waals surface area contributed by atoms with Crippen molar-refractivity contribution in [3.63, 3.8) is 0 Å². The summed E-state index contributed by atoms with van der Waals surface area (Å²) in [5.74, 6) is -0.383. The highest BCUT2D eigenvalue weighted by Crippen LogP contribution is 2.28. The molecule has 0 aliphatic rings. The Kier molecular flexibility index (Phi) is 7.07. The van der Waals surface area contributed by atoms with Crippen LogP contribution in [-0.2, 0) is 16.8 Å². The molecule has 184 valence electrons. The molecule has 15 heteroatoms. The first-order valence-electron chi connectivity index (χ1n) is 10.0. The molecular weight excluding hydrogens is 514 g/mol. The van der Waals surface area contributed by atoms with Crippen molar-refractivity contribution in [2.45, 2.75) is 11.6 Å². The number of ether oxygens (including phenoxy) is 1. The number of sulfonamides is 1. The number of rotatable bonds is 9. The average molecular weight is 530 g/mol. The van der Waals surface area contributed by atoms with Crippen LogP contribution in [0.3, 0.4) is 0 Å². The van der Waals surface area contributed by atoms with E-state index in [9.17, 15) is 23.3 Å². The number of hydrogen-bond acceptors (Lipinski definition) is 9. The quantitative estimate of drug-likeness (QED) is 0.243. The maximum Gasteiger partial charge on any atom is 0.276 e. The van der Waals surface area contributed by atoms with Gasteiger partial charge in [-0.3, -0.25) is 14.9 Å². The van der Waals surface area contributed by atoms with E-state index in [2.05, 4.69) is 25.1 Å². The number of nitro groups is 1. The minimum atomic E-state index is -3.91. The topological polar surface area (TPSA) is 171 Å². The monoisotopic (exact) mass is 529 g/mol. The first-order valence-corrected chi connectivity index (χ1v) is 11.9. The minimum absolute atomic E-state index is 0.0423. The van der Waals surface area contributed by atoms with Gasteiger partial charge in [-0.25, -0.2) is 27.8 Å². The van der Waals surface area contributed by atoms with Gasteiger partial charge in [-0.15, -0.1) is 0 Å². The highest BCUT2D eigenvalue weighted by molar-refractivity contribution is 7.92. The third-order valence-electron chi connectivity index (χ3n) is 4.57. The number of anilines is 2. The lowest BCUT2D eigenvalue weighted by Crippen LogP contribution is -2.16. The van der Waals surface area contributed by atoms with Gasteiger partial charge in [-0.2, -0.15) is 5.10 Å². The van der Waals surface area contributed by atoms with Gasteiger partial charge in [0.2, 0.25) is 5.95 Å². The van der Waals surface area contributed by atoms with Crippen LogP contribution in [0.2, 0.25) is 5.02 Å². The van der Waals surface area contributed by atoms with E-state index in [1.165, 1.54) is 71.8 Å². The molecule has 0 aliphatic heterocycles. The van der Waals surface area contributed by atoms with Crippen molar-refractivity contribution >= 4 is 44.9 Å². The molecule has 13 nitrogen and oxygen atoms in total. The summed E-state index contributed by atoms with van der Waals surface area (Å²) < 4.78 is 34.0. The maximum atomic E-state index is 12.5. The van der Waals surface area contributed by atoms with E-state index in [1.807, 2.05) is 0 Å². The predicted molar refractivity (Wildman–Crippen MR) is 128 cm³/mol. The van der Waals surface area contributed by atoms with E-state index in [-0.39, 0.29) is 39.7 Å². The summed E-state index contributed by atoms with van der Waals surface area (Å²) in [4.78, 5) is 30.3. The lowest BCUT2D eigenvalue weighted by atomic mass is 10.3. The molecule has 2 aromatic heterocycles. The average Bonchev–Trinajstić information content (AvgIpc) is 3.33. The van der Waals surface area contributed by atoms with E-state index in [0.29, 0.717) is 5.69 Å². The molecule has 0 fully saturated rings. The van der Waals surface area contributed by atoms with Crippen LogP contribution in [0.5, 0.6) is 5.75 Å². The van der Waals surface area contributed by atoms with Crippen LogP contribution in [0.25, 0.3) is 0 Å². The van der Waals surface area contributed by atoms with Crippen LogP contribution >= 0.6 is 11.6 Å². The second-order valence-electron chi connectivity index (χ2n) is 7.04. The summed E-state index contributed by atoms with van der Waals surface area (Å²) in [5, 5.41) is 17.6. The van der Waals surface area contributed by atoms with Crippen molar-refractivity contribution in [3.05, 3.63) is 94.0 Å². The van der Waals surface area contributed by atoms with E-state index >= 15 is 0 Å². The zero-order chi connectivity index (χ0) is 25.7. The van der Waals surface area contributed by atoms with Crippen LogP contribution in [0.4, 0.5) is 17.3 Å². The lowest BCUT2D eigenvalue weighted by Gasteiger charge is -2.08. The van der Waals surface area contributed by atoms with Gasteiger partial charge in [0.1, 0.15) is 5.75 Å². The number of nitro benzene ring substituents is 1. The summed E-state index contributed by atoms with van der Waals surface area (Å²) in [7, 11) is -3.91. The molecule has 0 unspecified atom stereocenters. The standard InChI is InChI=1S/C21H16ClN7O6S/c22-17-12-15(29(31)32)4-7-19(17)35-13-28-11-8-18(26-28)20(30)25-14-2-5-16(6-3-14)36(33,34)27-21-23-9-1-10-24-21/h1-12H,13H2,(H,25,30)(H,23,24,27). The van der Waals surface area contributed by atoms with Gasteiger partial charge in [0.05, 0.1) is 14.8 Å². The highest BCUT2D eigenvalue weighted by atomic mass is 35.5. The van der Waals surface area contributed by atoms with Crippen LogP contribution < -0.4 is 14.8 Å². The molecule has 0 saturated heterocycles. The van der Waals surface area contributed by atoms with Crippen molar-refractivity contribution < 1.29 is 22.9 Å². The number of aromatic nitrogens is 4. The van der Waals surface area contributed by atoms with E-state index in [0.717, 1.165) is 0 Å². The molecule has 2 N–H and O–H groups in total. The summed E-state index contributed by atoms with van der Waals surface area (Å²) >= 11 is 5.99. The Bertz CT molecular complexity index is 1510. The molecule has 4 aromatic rings. The van der Waals surface area contributed by atoms with E-state index in [1.54, 1.807) is 6.07 Å². The fourth-order valence-corrected chi connectivity index (χ4v) is 4.04. The Morgan fingerprint density at radius 3 is 2.50 bits per heavy atom. The Morgan fingerprint density at radius 1 is 1.11 bits per heavy atom. The Labute approximate surface area is 208 Å². The number of halogens is 1. The highest BCUT2D eigenvalue weighted by Gasteiger charge is 2.16. The summed E-state index contributed by atoms with van der Waals surface area (Å²) in [6.45, 7) is -0.102. The van der Waals surface area contributed by atoms with Crippen molar-refractivity contribution in [1.29, 1.82) is 0 Å². The second-order valence-corrected chi connectivity index (χ2v) is 9.13. The van der Waals surface area contributed by atoms with Gasteiger partial charge in [0.15, 0.2) is 12.4 Å². The molecular formula is C21H16ClN7O6S. The lowest BCUT2D eigenvalue weighted by molar-refractivity contribution is -0.384. The van der Waals surface area contributed by atoms with Crippen molar-refractivity contribution in [2.75, 3.05) is 10.0 Å². The molecule has 0 saturated carbocycles. The van der Waals surface area contributed by atoms with Crippen LogP contribution in [0.15, 0.2) is 78.1 Å². The molecule has 0 spiro atoms. The van der Waals surface area contributed by atoms with Crippen molar-refractivity contribution in [3.8, 4) is 5.75 Å². The van der Waals surface area contributed by atoms with Crippen molar-refractivity contribution in [1.82, 2.24) is 19.7 Å². The molecule has 0 aliphatic carbocycles. The number of hydrogen-bond donors (Lipinski definition) is 2. The molecule has 0 radical (unpaired) electrons. The third kappa shape index (κ3) is 5.92. The van der Waals surface area contributed by atoms with E-state index in [4.69, 9.17) is 16.3 Å². The molecule has 0 atom stereocenters.